The van der Waals surface area contributed by atoms with Crippen molar-refractivity contribution in [2.45, 2.75) is 25.3 Å². The second-order valence-electron chi connectivity index (χ2n) is 7.13. The van der Waals surface area contributed by atoms with Crippen molar-refractivity contribution < 1.29 is 27.9 Å². The second kappa shape index (κ2) is 9.17. The van der Waals surface area contributed by atoms with E-state index in [-0.39, 0.29) is 18.7 Å². The zero-order chi connectivity index (χ0) is 22.6. The van der Waals surface area contributed by atoms with Gasteiger partial charge in [0.1, 0.15) is 5.75 Å². The van der Waals surface area contributed by atoms with Gasteiger partial charge in [0.2, 0.25) is 15.9 Å². The molecular formula is C21H23N3O6S. The van der Waals surface area contributed by atoms with Gasteiger partial charge >= 0.3 is 5.97 Å². The van der Waals surface area contributed by atoms with Crippen LogP contribution in [0.25, 0.3) is 0 Å². The summed E-state index contributed by atoms with van der Waals surface area (Å²) >= 11 is 0. The fourth-order valence-electron chi connectivity index (χ4n) is 3.30. The molecule has 9 nitrogen and oxygen atoms in total. The first kappa shape index (κ1) is 22.3. The smallest absolute Gasteiger partial charge is 0.303 e. The average molecular weight is 445 g/mol. The van der Waals surface area contributed by atoms with Crippen LogP contribution in [0.15, 0.2) is 53.6 Å². The number of hydrazone groups is 1. The van der Waals surface area contributed by atoms with Crippen LogP contribution >= 0.6 is 0 Å². The van der Waals surface area contributed by atoms with Crippen molar-refractivity contribution >= 4 is 33.3 Å². The van der Waals surface area contributed by atoms with Gasteiger partial charge in [-0.15, -0.1) is 0 Å². The SMILES string of the molecule is COc1cccc([C@@H]2CC(c3ccc(NS(C)(=O)=O)cc3)=NN2C(=O)CCC(=O)O)c1. The van der Waals surface area contributed by atoms with Crippen molar-refractivity contribution in [2.24, 2.45) is 5.10 Å². The quantitative estimate of drug-likeness (QED) is 0.643. The lowest BCUT2D eigenvalue weighted by molar-refractivity contribution is -0.141. The Labute approximate surface area is 180 Å². The van der Waals surface area contributed by atoms with E-state index in [1.165, 1.54) is 5.01 Å². The minimum absolute atomic E-state index is 0.163. The molecule has 0 bridgehead atoms. The lowest BCUT2D eigenvalue weighted by atomic mass is 9.98. The fraction of sp³-hybridized carbons (Fsp3) is 0.286. The number of carbonyl (C=O) groups is 2. The first-order valence-corrected chi connectivity index (χ1v) is 11.4. The van der Waals surface area contributed by atoms with E-state index in [1.54, 1.807) is 37.4 Å². The standard InChI is InChI=1S/C21H23N3O6S/c1-30-17-5-3-4-15(12-17)19-13-18(22-24(19)20(25)10-11-21(26)27)14-6-8-16(9-7-14)23-31(2,28)29/h3-9,12,19,23H,10-11,13H2,1-2H3,(H,26,27)/t19-/m0/s1. The number of amides is 1. The number of anilines is 1. The minimum Gasteiger partial charge on any atom is -0.497 e. The van der Waals surface area contributed by atoms with Crippen LogP contribution in [0.5, 0.6) is 5.75 Å². The highest BCUT2D eigenvalue weighted by molar-refractivity contribution is 7.92. The summed E-state index contributed by atoms with van der Waals surface area (Å²) in [5.74, 6) is -0.802. The number of sulfonamides is 1. The molecule has 0 saturated carbocycles. The van der Waals surface area contributed by atoms with Crippen molar-refractivity contribution in [3.05, 3.63) is 59.7 Å². The van der Waals surface area contributed by atoms with Gasteiger partial charge in [0, 0.05) is 18.5 Å². The second-order valence-corrected chi connectivity index (χ2v) is 8.88. The molecule has 2 aromatic rings. The number of ether oxygens (including phenoxy) is 1. The third-order valence-electron chi connectivity index (χ3n) is 4.72. The Morgan fingerprint density at radius 3 is 2.52 bits per heavy atom. The Kier molecular flexibility index (Phi) is 6.59. The molecule has 0 fully saturated rings. The van der Waals surface area contributed by atoms with Crippen LogP contribution in [0.4, 0.5) is 5.69 Å². The molecule has 2 aromatic carbocycles. The Morgan fingerprint density at radius 1 is 1.19 bits per heavy atom. The van der Waals surface area contributed by atoms with Crippen molar-refractivity contribution in [1.82, 2.24) is 5.01 Å². The average Bonchev–Trinajstić information content (AvgIpc) is 3.17. The van der Waals surface area contributed by atoms with E-state index < -0.39 is 22.0 Å². The number of rotatable bonds is 8. The number of benzene rings is 2. The summed E-state index contributed by atoms with van der Waals surface area (Å²) in [7, 11) is -1.83. The third kappa shape index (κ3) is 5.82. The van der Waals surface area contributed by atoms with Crippen LogP contribution in [0.3, 0.4) is 0 Å². The molecule has 1 aliphatic rings. The molecule has 1 amide bonds. The molecule has 0 saturated heterocycles. The van der Waals surface area contributed by atoms with Crippen molar-refractivity contribution in [3.8, 4) is 5.75 Å². The number of nitrogens with one attached hydrogen (secondary N) is 1. The monoisotopic (exact) mass is 445 g/mol. The lowest BCUT2D eigenvalue weighted by Crippen LogP contribution is -2.27. The molecule has 164 valence electrons. The zero-order valence-electron chi connectivity index (χ0n) is 17.1. The van der Waals surface area contributed by atoms with Gasteiger partial charge < -0.3 is 9.84 Å². The predicted molar refractivity (Wildman–Crippen MR) is 116 cm³/mol. The number of hydrogen-bond donors (Lipinski definition) is 2. The molecule has 1 aliphatic heterocycles. The number of methoxy groups -OCH3 is 1. The number of hydrogen-bond acceptors (Lipinski definition) is 6. The fourth-order valence-corrected chi connectivity index (χ4v) is 3.86. The van der Waals surface area contributed by atoms with Gasteiger partial charge in [-0.3, -0.25) is 14.3 Å². The van der Waals surface area contributed by atoms with Crippen LogP contribution in [-0.2, 0) is 19.6 Å². The normalized spacial score (nSPS) is 16.0. The molecule has 1 atom stereocenters. The van der Waals surface area contributed by atoms with E-state index >= 15 is 0 Å². The predicted octanol–water partition coefficient (Wildman–Crippen LogP) is 2.61. The highest BCUT2D eigenvalue weighted by Crippen LogP contribution is 2.35. The molecule has 1 heterocycles. The van der Waals surface area contributed by atoms with E-state index in [4.69, 9.17) is 9.84 Å². The first-order valence-electron chi connectivity index (χ1n) is 9.50. The van der Waals surface area contributed by atoms with Gasteiger partial charge in [-0.2, -0.15) is 5.10 Å². The van der Waals surface area contributed by atoms with Crippen LogP contribution < -0.4 is 9.46 Å². The van der Waals surface area contributed by atoms with E-state index in [0.717, 1.165) is 17.4 Å². The van der Waals surface area contributed by atoms with Crippen LogP contribution in [0.2, 0.25) is 0 Å². The summed E-state index contributed by atoms with van der Waals surface area (Å²) in [5, 5.41) is 14.7. The highest BCUT2D eigenvalue weighted by atomic mass is 32.2. The summed E-state index contributed by atoms with van der Waals surface area (Å²) in [4.78, 5) is 23.6. The van der Waals surface area contributed by atoms with Crippen molar-refractivity contribution in [1.29, 1.82) is 0 Å². The molecule has 0 aliphatic carbocycles. The molecular weight excluding hydrogens is 422 g/mol. The van der Waals surface area contributed by atoms with Crippen molar-refractivity contribution in [3.63, 3.8) is 0 Å². The van der Waals surface area contributed by atoms with Gasteiger partial charge in [0.15, 0.2) is 0 Å². The van der Waals surface area contributed by atoms with E-state index in [2.05, 4.69) is 9.82 Å². The number of nitrogens with zero attached hydrogens (tertiary/aromatic N) is 2. The summed E-state index contributed by atoms with van der Waals surface area (Å²) in [6.45, 7) is 0. The highest BCUT2D eigenvalue weighted by Gasteiger charge is 2.33. The summed E-state index contributed by atoms with van der Waals surface area (Å²) < 4.78 is 30.5. The topological polar surface area (TPSA) is 125 Å². The van der Waals surface area contributed by atoms with Crippen LogP contribution in [0.1, 0.15) is 36.4 Å². The van der Waals surface area contributed by atoms with E-state index in [0.29, 0.717) is 23.6 Å². The molecule has 3 rings (SSSR count). The van der Waals surface area contributed by atoms with Gasteiger partial charge in [-0.05, 0) is 35.4 Å². The maximum atomic E-state index is 12.7. The molecule has 0 radical (unpaired) electrons. The Hall–Kier alpha value is -3.40. The maximum Gasteiger partial charge on any atom is 0.303 e. The zero-order valence-corrected chi connectivity index (χ0v) is 17.9. The van der Waals surface area contributed by atoms with Crippen LogP contribution in [0, 0.1) is 0 Å². The number of aliphatic carboxylic acids is 1. The Morgan fingerprint density at radius 2 is 1.90 bits per heavy atom. The van der Waals surface area contributed by atoms with Gasteiger partial charge in [-0.25, -0.2) is 13.4 Å². The van der Waals surface area contributed by atoms with Crippen molar-refractivity contribution in [2.75, 3.05) is 18.1 Å². The number of carbonyl (C=O) groups excluding carboxylic acids is 1. The number of carboxylic acids is 1. The maximum absolute atomic E-state index is 12.7. The van der Waals surface area contributed by atoms with Crippen LogP contribution in [-0.4, -0.2) is 49.5 Å². The van der Waals surface area contributed by atoms with Gasteiger partial charge in [0.05, 0.1) is 31.5 Å². The lowest BCUT2D eigenvalue weighted by Gasteiger charge is -2.22. The summed E-state index contributed by atoms with van der Waals surface area (Å²) in [6, 6.07) is 13.6. The molecule has 10 heteroatoms. The first-order chi connectivity index (χ1) is 14.7. The number of carboxylic acid groups (broad SMARTS) is 1. The van der Waals surface area contributed by atoms with Gasteiger partial charge in [-0.1, -0.05) is 24.3 Å². The molecule has 2 N–H and O–H groups in total. The summed E-state index contributed by atoms with van der Waals surface area (Å²) in [5.41, 5.74) is 2.61. The molecule has 31 heavy (non-hydrogen) atoms. The minimum atomic E-state index is -3.39. The third-order valence-corrected chi connectivity index (χ3v) is 5.33. The summed E-state index contributed by atoms with van der Waals surface area (Å²) in [6.07, 6.45) is 1.05. The van der Waals surface area contributed by atoms with Gasteiger partial charge in [0.25, 0.3) is 0 Å². The Bertz CT molecular complexity index is 1110. The Balaban J connectivity index is 1.89. The van der Waals surface area contributed by atoms with E-state index in [9.17, 15) is 18.0 Å². The molecule has 0 aromatic heterocycles. The van der Waals surface area contributed by atoms with E-state index in [1.807, 2.05) is 18.2 Å². The molecule has 0 spiro atoms. The largest absolute Gasteiger partial charge is 0.497 e. The molecule has 0 unspecified atom stereocenters.